The van der Waals surface area contributed by atoms with Gasteiger partial charge in [-0.1, -0.05) is 59.8 Å². The van der Waals surface area contributed by atoms with Gasteiger partial charge in [-0.3, -0.25) is 9.36 Å². The molecule has 0 radical (unpaired) electrons. The Morgan fingerprint density at radius 1 is 1.12 bits per heavy atom. The number of hydrogen-bond acceptors (Lipinski definition) is 6. The van der Waals surface area contributed by atoms with E-state index >= 15 is 0 Å². The fourth-order valence-electron chi connectivity index (χ4n) is 3.75. The first-order valence-corrected chi connectivity index (χ1v) is 12.0. The number of thioether (sulfide) groups is 1. The highest BCUT2D eigenvalue weighted by molar-refractivity contribution is 7.99. The van der Waals surface area contributed by atoms with E-state index in [1.807, 2.05) is 47.2 Å². The summed E-state index contributed by atoms with van der Waals surface area (Å²) >= 11 is 3.01. The third-order valence-corrected chi connectivity index (χ3v) is 7.28. The molecule has 0 aliphatic heterocycles. The fraction of sp³-hybridized carbons (Fsp3) is 0.167. The van der Waals surface area contributed by atoms with E-state index in [2.05, 4.69) is 47.2 Å². The minimum atomic E-state index is -0.117. The average Bonchev–Trinajstić information content (AvgIpc) is 3.42. The van der Waals surface area contributed by atoms with Crippen molar-refractivity contribution in [3.05, 3.63) is 87.5 Å². The van der Waals surface area contributed by atoms with Crippen LogP contribution >= 0.6 is 23.1 Å². The standard InChI is InChI=1S/C24H21N5OS2/c1-14-9-10-19(15(2)11-14)29-13-25-28-24(29)32-16(3)21-26-22(30)20-18(12-31-23(20)27-21)17-7-5-4-6-8-17/h4-13,16H,1-3H3,(H,26,27,30). The van der Waals surface area contributed by atoms with Gasteiger partial charge < -0.3 is 4.98 Å². The van der Waals surface area contributed by atoms with Crippen molar-refractivity contribution in [3.63, 3.8) is 0 Å². The van der Waals surface area contributed by atoms with Gasteiger partial charge in [0.15, 0.2) is 5.16 Å². The van der Waals surface area contributed by atoms with Crippen molar-refractivity contribution in [3.8, 4) is 16.8 Å². The normalized spacial score (nSPS) is 12.3. The molecule has 3 heterocycles. The van der Waals surface area contributed by atoms with Crippen molar-refractivity contribution >= 4 is 33.3 Å². The SMILES string of the molecule is Cc1ccc(-n2cnnc2SC(C)c2nc3scc(-c4ccccc4)c3c(=O)[nH]2)c(C)c1. The zero-order valence-electron chi connectivity index (χ0n) is 17.9. The monoisotopic (exact) mass is 459 g/mol. The van der Waals surface area contributed by atoms with E-state index < -0.39 is 0 Å². The minimum Gasteiger partial charge on any atom is -0.309 e. The van der Waals surface area contributed by atoms with Gasteiger partial charge in [0.1, 0.15) is 17.0 Å². The summed E-state index contributed by atoms with van der Waals surface area (Å²) < 4.78 is 1.98. The molecule has 0 aliphatic rings. The summed E-state index contributed by atoms with van der Waals surface area (Å²) in [5.41, 5.74) is 5.22. The van der Waals surface area contributed by atoms with Crippen molar-refractivity contribution in [2.45, 2.75) is 31.2 Å². The second-order valence-corrected chi connectivity index (χ2v) is 9.85. The van der Waals surface area contributed by atoms with Crippen LogP contribution in [0.2, 0.25) is 0 Å². The smallest absolute Gasteiger partial charge is 0.260 e. The van der Waals surface area contributed by atoms with Crippen LogP contribution in [0.3, 0.4) is 0 Å². The molecule has 0 aliphatic carbocycles. The number of rotatable bonds is 5. The van der Waals surface area contributed by atoms with Crippen LogP contribution in [0.4, 0.5) is 0 Å². The Morgan fingerprint density at radius 3 is 2.72 bits per heavy atom. The number of H-pyrrole nitrogens is 1. The van der Waals surface area contributed by atoms with Gasteiger partial charge in [-0.2, -0.15) is 0 Å². The van der Waals surface area contributed by atoms with Crippen molar-refractivity contribution in [1.82, 2.24) is 24.7 Å². The predicted molar refractivity (Wildman–Crippen MR) is 131 cm³/mol. The zero-order valence-corrected chi connectivity index (χ0v) is 19.5. The van der Waals surface area contributed by atoms with Gasteiger partial charge >= 0.3 is 0 Å². The molecule has 6 nitrogen and oxygen atoms in total. The maximum Gasteiger partial charge on any atom is 0.260 e. The van der Waals surface area contributed by atoms with E-state index in [9.17, 15) is 4.79 Å². The lowest BCUT2D eigenvalue weighted by Gasteiger charge is -2.13. The number of aryl methyl sites for hydroxylation is 2. The highest BCUT2D eigenvalue weighted by Crippen LogP contribution is 2.35. The van der Waals surface area contributed by atoms with E-state index in [-0.39, 0.29) is 10.8 Å². The molecular formula is C24H21N5OS2. The molecule has 0 bridgehead atoms. The Bertz CT molecular complexity index is 1470. The summed E-state index contributed by atoms with van der Waals surface area (Å²) in [6, 6.07) is 16.2. The second kappa shape index (κ2) is 8.37. The van der Waals surface area contributed by atoms with Crippen LogP contribution < -0.4 is 5.56 Å². The molecule has 5 rings (SSSR count). The van der Waals surface area contributed by atoms with Crippen molar-refractivity contribution in [1.29, 1.82) is 0 Å². The number of thiophene rings is 1. The summed E-state index contributed by atoms with van der Waals surface area (Å²) in [5, 5.41) is 11.7. The molecule has 2 aromatic carbocycles. The van der Waals surface area contributed by atoms with E-state index in [1.54, 1.807) is 6.33 Å². The van der Waals surface area contributed by atoms with E-state index in [4.69, 9.17) is 4.98 Å². The molecule has 0 fully saturated rings. The van der Waals surface area contributed by atoms with E-state index in [0.717, 1.165) is 32.4 Å². The number of hydrogen-bond donors (Lipinski definition) is 1. The van der Waals surface area contributed by atoms with Gasteiger partial charge in [-0.05, 0) is 38.0 Å². The number of nitrogens with zero attached hydrogens (tertiary/aromatic N) is 4. The predicted octanol–water partition coefficient (Wildman–Crippen LogP) is 5.70. The number of benzene rings is 2. The molecule has 5 aromatic rings. The van der Waals surface area contributed by atoms with Gasteiger partial charge in [0.05, 0.1) is 16.3 Å². The summed E-state index contributed by atoms with van der Waals surface area (Å²) in [7, 11) is 0. The lowest BCUT2D eigenvalue weighted by atomic mass is 10.1. The average molecular weight is 460 g/mol. The molecule has 160 valence electrons. The third-order valence-electron chi connectivity index (χ3n) is 5.34. The maximum atomic E-state index is 13.0. The first-order valence-electron chi connectivity index (χ1n) is 10.2. The van der Waals surface area contributed by atoms with Crippen molar-refractivity contribution in [2.24, 2.45) is 0 Å². The van der Waals surface area contributed by atoms with Crippen molar-refractivity contribution < 1.29 is 0 Å². The Balaban J connectivity index is 1.48. The van der Waals surface area contributed by atoms with Gasteiger partial charge in [0, 0.05) is 10.9 Å². The van der Waals surface area contributed by atoms with E-state index in [1.165, 1.54) is 28.7 Å². The lowest BCUT2D eigenvalue weighted by molar-refractivity contribution is 0.857. The van der Waals surface area contributed by atoms with Crippen molar-refractivity contribution in [2.75, 3.05) is 0 Å². The molecule has 3 aromatic heterocycles. The van der Waals surface area contributed by atoms with Gasteiger partial charge in [-0.25, -0.2) is 4.98 Å². The molecule has 1 N–H and O–H groups in total. The molecule has 8 heteroatoms. The van der Waals surface area contributed by atoms with E-state index in [0.29, 0.717) is 11.2 Å². The zero-order chi connectivity index (χ0) is 22.2. The molecule has 1 atom stereocenters. The molecule has 0 amide bonds. The molecule has 32 heavy (non-hydrogen) atoms. The Morgan fingerprint density at radius 2 is 1.94 bits per heavy atom. The molecular weight excluding hydrogens is 438 g/mol. The summed E-state index contributed by atoms with van der Waals surface area (Å²) in [6.45, 7) is 6.17. The molecule has 0 spiro atoms. The lowest BCUT2D eigenvalue weighted by Crippen LogP contribution is -2.12. The first kappa shape index (κ1) is 20.7. The van der Waals surface area contributed by atoms with Crippen LogP contribution in [-0.2, 0) is 0 Å². The number of fused-ring (bicyclic) bond motifs is 1. The number of aromatic amines is 1. The van der Waals surface area contributed by atoms with Gasteiger partial charge in [0.25, 0.3) is 5.56 Å². The molecule has 0 saturated carbocycles. The third kappa shape index (κ3) is 3.76. The topological polar surface area (TPSA) is 76.5 Å². The summed E-state index contributed by atoms with van der Waals surface area (Å²) in [5.74, 6) is 0.629. The van der Waals surface area contributed by atoms with Crippen LogP contribution in [0.5, 0.6) is 0 Å². The first-order chi connectivity index (χ1) is 15.5. The van der Waals surface area contributed by atoms with Crippen LogP contribution in [-0.4, -0.2) is 24.7 Å². The summed E-state index contributed by atoms with van der Waals surface area (Å²) in [4.78, 5) is 21.5. The number of aromatic nitrogens is 5. The summed E-state index contributed by atoms with van der Waals surface area (Å²) in [6.07, 6.45) is 1.72. The second-order valence-electron chi connectivity index (χ2n) is 7.68. The van der Waals surface area contributed by atoms with Crippen LogP contribution in [0.1, 0.15) is 29.1 Å². The Hall–Kier alpha value is -3.23. The Kier molecular flexibility index (Phi) is 5.40. The Labute approximate surface area is 193 Å². The molecule has 0 saturated heterocycles. The van der Waals surface area contributed by atoms with Crippen LogP contribution in [0.25, 0.3) is 27.0 Å². The van der Waals surface area contributed by atoms with Gasteiger partial charge in [0.2, 0.25) is 0 Å². The highest BCUT2D eigenvalue weighted by Gasteiger charge is 2.19. The van der Waals surface area contributed by atoms with Crippen LogP contribution in [0.15, 0.2) is 70.2 Å². The van der Waals surface area contributed by atoms with Crippen LogP contribution in [0, 0.1) is 13.8 Å². The quantitative estimate of drug-likeness (QED) is 0.341. The minimum absolute atomic E-state index is 0.108. The fourth-order valence-corrected chi connectivity index (χ4v) is 5.60. The maximum absolute atomic E-state index is 13.0. The number of nitrogens with one attached hydrogen (secondary N) is 1. The molecule has 1 unspecified atom stereocenters. The highest BCUT2D eigenvalue weighted by atomic mass is 32.2. The largest absolute Gasteiger partial charge is 0.309 e. The van der Waals surface area contributed by atoms with Gasteiger partial charge in [-0.15, -0.1) is 21.5 Å².